The largest absolute Gasteiger partial charge is 0.331 e. The summed E-state index contributed by atoms with van der Waals surface area (Å²) < 4.78 is 2.05. The number of thiocarbonyl (C=S) groups is 1. The summed E-state index contributed by atoms with van der Waals surface area (Å²) in [5, 5.41) is 7.71. The second-order valence-corrected chi connectivity index (χ2v) is 5.24. The molecule has 0 atom stereocenters. The molecule has 0 saturated carbocycles. The first-order valence-corrected chi connectivity index (χ1v) is 7.61. The molecule has 3 rings (SSSR count). The Bertz CT molecular complexity index is 794. The molecule has 4 nitrogen and oxygen atoms in total. The summed E-state index contributed by atoms with van der Waals surface area (Å²) in [7, 11) is 0. The number of nitrogens with one attached hydrogen (secondary N) is 2. The normalized spacial score (nSPS) is 10.6. The zero-order valence-electron chi connectivity index (χ0n) is 12.4. The number of aromatic nitrogens is 1. The predicted octanol–water partition coefficient (Wildman–Crippen LogP) is 3.80. The van der Waals surface area contributed by atoms with Gasteiger partial charge in [0.25, 0.3) is 0 Å². The second kappa shape index (κ2) is 7.38. The SMILES string of the molecule is S=C(N/N=C/c1cccn1-c1ccccc1)Nc1ccccc1. The van der Waals surface area contributed by atoms with Gasteiger partial charge in [-0.2, -0.15) is 5.10 Å². The van der Waals surface area contributed by atoms with Crippen molar-refractivity contribution in [1.82, 2.24) is 9.99 Å². The van der Waals surface area contributed by atoms with Gasteiger partial charge in [0.2, 0.25) is 0 Å². The lowest BCUT2D eigenvalue weighted by Crippen LogP contribution is -2.23. The van der Waals surface area contributed by atoms with Crippen molar-refractivity contribution in [3.8, 4) is 5.69 Å². The minimum atomic E-state index is 0.449. The minimum Gasteiger partial charge on any atom is -0.331 e. The number of rotatable bonds is 4. The van der Waals surface area contributed by atoms with Gasteiger partial charge in [-0.05, 0) is 48.6 Å². The van der Waals surface area contributed by atoms with E-state index in [1.165, 1.54) is 0 Å². The van der Waals surface area contributed by atoms with Crippen LogP contribution in [0.15, 0.2) is 84.1 Å². The first kappa shape index (κ1) is 15.0. The number of para-hydroxylation sites is 2. The highest BCUT2D eigenvalue weighted by atomic mass is 32.1. The van der Waals surface area contributed by atoms with E-state index in [4.69, 9.17) is 12.2 Å². The van der Waals surface area contributed by atoms with Crippen molar-refractivity contribution in [2.45, 2.75) is 0 Å². The Morgan fingerprint density at radius 1 is 0.913 bits per heavy atom. The Balaban J connectivity index is 1.63. The van der Waals surface area contributed by atoms with Gasteiger partial charge in [-0.15, -0.1) is 0 Å². The first-order valence-electron chi connectivity index (χ1n) is 7.21. The molecular weight excluding hydrogens is 304 g/mol. The van der Waals surface area contributed by atoms with Crippen LogP contribution in [0, 0.1) is 0 Å². The molecule has 0 aliphatic rings. The Morgan fingerprint density at radius 2 is 1.61 bits per heavy atom. The van der Waals surface area contributed by atoms with Gasteiger partial charge in [-0.3, -0.25) is 5.43 Å². The molecule has 114 valence electrons. The fourth-order valence-corrected chi connectivity index (χ4v) is 2.33. The number of hydrogen-bond acceptors (Lipinski definition) is 2. The van der Waals surface area contributed by atoms with E-state index in [1.807, 2.05) is 79.0 Å². The zero-order chi connectivity index (χ0) is 15.9. The molecule has 0 fully saturated rings. The summed E-state index contributed by atoms with van der Waals surface area (Å²) in [5.74, 6) is 0. The van der Waals surface area contributed by atoms with Crippen molar-refractivity contribution >= 4 is 29.2 Å². The average molecular weight is 320 g/mol. The molecule has 1 aromatic heterocycles. The van der Waals surface area contributed by atoms with Crippen LogP contribution in [0.5, 0.6) is 0 Å². The molecule has 1 heterocycles. The predicted molar refractivity (Wildman–Crippen MR) is 99.2 cm³/mol. The highest BCUT2D eigenvalue weighted by molar-refractivity contribution is 7.80. The van der Waals surface area contributed by atoms with Gasteiger partial charge in [0.15, 0.2) is 5.11 Å². The third-order valence-corrected chi connectivity index (χ3v) is 3.40. The quantitative estimate of drug-likeness (QED) is 0.436. The average Bonchev–Trinajstić information content (AvgIpc) is 3.05. The molecule has 0 bridgehead atoms. The molecule has 3 aromatic rings. The van der Waals surface area contributed by atoms with Crippen molar-refractivity contribution in [1.29, 1.82) is 0 Å². The Hall–Kier alpha value is -2.92. The summed E-state index contributed by atoms with van der Waals surface area (Å²) in [6.07, 6.45) is 3.74. The molecular formula is C18H16N4S. The van der Waals surface area contributed by atoms with Crippen molar-refractivity contribution < 1.29 is 0 Å². The van der Waals surface area contributed by atoms with Gasteiger partial charge in [-0.25, -0.2) is 0 Å². The van der Waals surface area contributed by atoms with Crippen molar-refractivity contribution in [2.75, 3.05) is 5.32 Å². The van der Waals surface area contributed by atoms with E-state index in [-0.39, 0.29) is 0 Å². The van der Waals surface area contributed by atoms with E-state index >= 15 is 0 Å². The van der Waals surface area contributed by atoms with Crippen molar-refractivity contribution in [2.24, 2.45) is 5.10 Å². The van der Waals surface area contributed by atoms with Crippen LogP contribution >= 0.6 is 12.2 Å². The third kappa shape index (κ3) is 4.05. The summed E-state index contributed by atoms with van der Waals surface area (Å²) in [6.45, 7) is 0. The molecule has 5 heteroatoms. The Kier molecular flexibility index (Phi) is 4.81. The number of anilines is 1. The fourth-order valence-electron chi connectivity index (χ4n) is 2.16. The molecule has 0 aliphatic heterocycles. The molecule has 23 heavy (non-hydrogen) atoms. The molecule has 0 unspecified atom stereocenters. The molecule has 0 amide bonds. The molecule has 0 radical (unpaired) electrons. The van der Waals surface area contributed by atoms with Crippen LogP contribution in [0.3, 0.4) is 0 Å². The zero-order valence-corrected chi connectivity index (χ0v) is 13.2. The van der Waals surface area contributed by atoms with E-state index in [0.29, 0.717) is 5.11 Å². The third-order valence-electron chi connectivity index (χ3n) is 3.21. The van der Waals surface area contributed by atoms with Crippen LogP contribution in [-0.2, 0) is 0 Å². The number of hydrazone groups is 1. The van der Waals surface area contributed by atoms with E-state index in [2.05, 4.69) is 20.4 Å². The standard InChI is InChI=1S/C18H16N4S/c23-18(20-15-8-3-1-4-9-15)21-19-14-17-12-7-13-22(17)16-10-5-2-6-11-16/h1-14H,(H2,20,21,23)/b19-14+. The van der Waals surface area contributed by atoms with Crippen LogP contribution in [-0.4, -0.2) is 15.9 Å². The maximum Gasteiger partial charge on any atom is 0.191 e. The Labute approximate surface area is 140 Å². The highest BCUT2D eigenvalue weighted by Crippen LogP contribution is 2.10. The first-order chi connectivity index (χ1) is 11.3. The Morgan fingerprint density at radius 3 is 2.35 bits per heavy atom. The van der Waals surface area contributed by atoms with Gasteiger partial charge >= 0.3 is 0 Å². The molecule has 0 aliphatic carbocycles. The van der Waals surface area contributed by atoms with Crippen LogP contribution < -0.4 is 10.7 Å². The molecule has 2 N–H and O–H groups in total. The van der Waals surface area contributed by atoms with Gasteiger partial charge in [0.05, 0.1) is 11.9 Å². The van der Waals surface area contributed by atoms with Crippen LogP contribution in [0.2, 0.25) is 0 Å². The number of benzene rings is 2. The highest BCUT2D eigenvalue weighted by Gasteiger charge is 2.00. The van der Waals surface area contributed by atoms with E-state index < -0.39 is 0 Å². The van der Waals surface area contributed by atoms with E-state index in [9.17, 15) is 0 Å². The smallest absolute Gasteiger partial charge is 0.191 e. The summed E-state index contributed by atoms with van der Waals surface area (Å²) >= 11 is 5.21. The monoisotopic (exact) mass is 320 g/mol. The van der Waals surface area contributed by atoms with Gasteiger partial charge in [-0.1, -0.05) is 36.4 Å². The topological polar surface area (TPSA) is 41.4 Å². The number of nitrogens with zero attached hydrogens (tertiary/aromatic N) is 2. The molecule has 2 aromatic carbocycles. The van der Waals surface area contributed by atoms with E-state index in [0.717, 1.165) is 17.1 Å². The lowest BCUT2D eigenvalue weighted by atomic mass is 10.3. The second-order valence-electron chi connectivity index (χ2n) is 4.83. The fraction of sp³-hybridized carbons (Fsp3) is 0. The van der Waals surface area contributed by atoms with Crippen molar-refractivity contribution in [3.63, 3.8) is 0 Å². The van der Waals surface area contributed by atoms with Gasteiger partial charge < -0.3 is 9.88 Å². The molecule has 0 saturated heterocycles. The summed E-state index contributed by atoms with van der Waals surface area (Å²) in [6, 6.07) is 23.8. The van der Waals surface area contributed by atoms with Crippen LogP contribution in [0.1, 0.15) is 5.69 Å². The lowest BCUT2D eigenvalue weighted by molar-refractivity contribution is 1.03. The summed E-state index contributed by atoms with van der Waals surface area (Å²) in [5.41, 5.74) is 5.80. The minimum absolute atomic E-state index is 0.449. The van der Waals surface area contributed by atoms with Crippen LogP contribution in [0.4, 0.5) is 5.69 Å². The van der Waals surface area contributed by atoms with Gasteiger partial charge in [0.1, 0.15) is 0 Å². The summed E-state index contributed by atoms with van der Waals surface area (Å²) in [4.78, 5) is 0. The lowest BCUT2D eigenvalue weighted by Gasteiger charge is -2.07. The maximum absolute atomic E-state index is 5.21. The number of hydrogen-bond donors (Lipinski definition) is 2. The maximum atomic E-state index is 5.21. The van der Waals surface area contributed by atoms with Gasteiger partial charge in [0, 0.05) is 17.6 Å². The van der Waals surface area contributed by atoms with E-state index in [1.54, 1.807) is 6.21 Å². The van der Waals surface area contributed by atoms with Crippen molar-refractivity contribution in [3.05, 3.63) is 84.7 Å². The molecule has 0 spiro atoms. The van der Waals surface area contributed by atoms with Crippen LogP contribution in [0.25, 0.3) is 5.69 Å².